The molecule has 0 aliphatic heterocycles. The number of hydrogen-bond acceptors (Lipinski definition) is 2. The van der Waals surface area contributed by atoms with Gasteiger partial charge >= 0.3 is 0 Å². The molecule has 0 saturated heterocycles. The summed E-state index contributed by atoms with van der Waals surface area (Å²) in [6.07, 6.45) is 5.99. The van der Waals surface area contributed by atoms with E-state index in [1.54, 1.807) is 0 Å². The molecule has 0 bridgehead atoms. The van der Waals surface area contributed by atoms with E-state index in [9.17, 15) is 0 Å². The van der Waals surface area contributed by atoms with E-state index in [0.29, 0.717) is 17.4 Å². The number of nitrogens with zero attached hydrogens (tertiary/aromatic N) is 1. The molecule has 2 aliphatic carbocycles. The molecule has 2 rings (SSSR count). The molecule has 2 atom stereocenters. The largest absolute Gasteiger partial charge is 0.311 e. The first-order valence-electron chi connectivity index (χ1n) is 5.75. The third-order valence-corrected chi connectivity index (χ3v) is 3.68. The Morgan fingerprint density at radius 2 is 1.93 bits per heavy atom. The maximum absolute atomic E-state index is 8.79. The van der Waals surface area contributed by atoms with Crippen LogP contribution in [0.25, 0.3) is 0 Å². The van der Waals surface area contributed by atoms with Crippen LogP contribution in [0.5, 0.6) is 0 Å². The van der Waals surface area contributed by atoms with Crippen LogP contribution < -0.4 is 5.32 Å². The van der Waals surface area contributed by atoms with Crippen molar-refractivity contribution >= 4 is 0 Å². The molecule has 0 aromatic heterocycles. The fraction of sp³-hybridized carbons (Fsp3) is 0.917. The summed E-state index contributed by atoms with van der Waals surface area (Å²) >= 11 is 0. The minimum atomic E-state index is 0.320. The van der Waals surface area contributed by atoms with Crippen molar-refractivity contribution in [2.75, 3.05) is 0 Å². The molecule has 0 aromatic rings. The zero-order chi connectivity index (χ0) is 10.2. The first-order valence-corrected chi connectivity index (χ1v) is 5.75. The van der Waals surface area contributed by atoms with Crippen molar-refractivity contribution in [1.29, 1.82) is 5.26 Å². The Morgan fingerprint density at radius 1 is 1.21 bits per heavy atom. The number of nitrogens with one attached hydrogen (secondary N) is 1. The maximum atomic E-state index is 8.79. The Bertz CT molecular complexity index is 244. The number of nitriles is 1. The average molecular weight is 192 g/mol. The van der Waals surface area contributed by atoms with Gasteiger partial charge in [-0.25, -0.2) is 0 Å². The fourth-order valence-corrected chi connectivity index (χ4v) is 2.98. The van der Waals surface area contributed by atoms with Crippen molar-refractivity contribution in [1.82, 2.24) is 5.32 Å². The van der Waals surface area contributed by atoms with Gasteiger partial charge in [0, 0.05) is 18.0 Å². The molecule has 0 heterocycles. The number of hydrogen-bond donors (Lipinski definition) is 1. The highest BCUT2D eigenvalue weighted by atomic mass is 15.0. The maximum Gasteiger partial charge on any atom is 0.0656 e. The second-order valence-corrected chi connectivity index (χ2v) is 5.77. The van der Waals surface area contributed by atoms with Gasteiger partial charge in [0.2, 0.25) is 0 Å². The Kier molecular flexibility index (Phi) is 2.53. The molecule has 0 amide bonds. The Hall–Kier alpha value is -0.550. The van der Waals surface area contributed by atoms with Crippen molar-refractivity contribution < 1.29 is 0 Å². The van der Waals surface area contributed by atoms with Gasteiger partial charge in [0.15, 0.2) is 0 Å². The molecule has 78 valence electrons. The fourth-order valence-electron chi connectivity index (χ4n) is 2.98. The highest BCUT2D eigenvalue weighted by Crippen LogP contribution is 2.40. The van der Waals surface area contributed by atoms with Crippen LogP contribution in [0, 0.1) is 22.7 Å². The molecule has 2 heteroatoms. The zero-order valence-corrected chi connectivity index (χ0v) is 9.21. The van der Waals surface area contributed by atoms with E-state index in [-0.39, 0.29) is 0 Å². The van der Waals surface area contributed by atoms with E-state index in [1.165, 1.54) is 19.3 Å². The lowest BCUT2D eigenvalue weighted by molar-refractivity contribution is 0.116. The molecule has 2 saturated carbocycles. The molecular formula is C12H20N2. The van der Waals surface area contributed by atoms with Gasteiger partial charge in [-0.3, -0.25) is 0 Å². The lowest BCUT2D eigenvalue weighted by Gasteiger charge is -2.44. The molecule has 0 spiro atoms. The first kappa shape index (κ1) is 9.98. The van der Waals surface area contributed by atoms with Crippen LogP contribution in [-0.2, 0) is 0 Å². The summed E-state index contributed by atoms with van der Waals surface area (Å²) in [6, 6.07) is 3.73. The smallest absolute Gasteiger partial charge is 0.0656 e. The summed E-state index contributed by atoms with van der Waals surface area (Å²) in [6.45, 7) is 4.66. The quantitative estimate of drug-likeness (QED) is 0.729. The second-order valence-electron chi connectivity index (χ2n) is 5.77. The van der Waals surface area contributed by atoms with Crippen LogP contribution >= 0.6 is 0 Å². The minimum Gasteiger partial charge on any atom is -0.311 e. The van der Waals surface area contributed by atoms with Crippen molar-refractivity contribution in [2.24, 2.45) is 11.3 Å². The summed E-state index contributed by atoms with van der Waals surface area (Å²) in [5.41, 5.74) is 0.560. The van der Waals surface area contributed by atoms with E-state index < -0.39 is 0 Å². The molecule has 2 unspecified atom stereocenters. The lowest BCUT2D eigenvalue weighted by Crippen LogP contribution is -2.49. The van der Waals surface area contributed by atoms with Gasteiger partial charge in [-0.2, -0.15) is 5.26 Å². The van der Waals surface area contributed by atoms with Crippen LogP contribution in [0.15, 0.2) is 0 Å². The van der Waals surface area contributed by atoms with Crippen LogP contribution in [0.2, 0.25) is 0 Å². The van der Waals surface area contributed by atoms with E-state index in [2.05, 4.69) is 25.2 Å². The summed E-state index contributed by atoms with van der Waals surface area (Å²) in [5.74, 6) is 0.320. The number of rotatable bonds is 2. The predicted octanol–water partition coefficient (Wildman–Crippen LogP) is 2.46. The van der Waals surface area contributed by atoms with Crippen molar-refractivity contribution in [3.63, 3.8) is 0 Å². The highest BCUT2D eigenvalue weighted by Gasteiger charge is 2.37. The molecule has 2 nitrogen and oxygen atoms in total. The average Bonchev–Trinajstić information content (AvgIpc) is 2.49. The lowest BCUT2D eigenvalue weighted by atomic mass is 9.68. The first-order chi connectivity index (χ1) is 6.59. The zero-order valence-electron chi connectivity index (χ0n) is 9.21. The van der Waals surface area contributed by atoms with Gasteiger partial charge in [-0.05, 0) is 37.5 Å². The van der Waals surface area contributed by atoms with E-state index >= 15 is 0 Å². The van der Waals surface area contributed by atoms with E-state index in [1.807, 2.05) is 0 Å². The SMILES string of the molecule is CC1(C)CC(NC2CCC(C#N)C2)C1. The molecule has 1 N–H and O–H groups in total. The van der Waals surface area contributed by atoms with Crippen molar-refractivity contribution in [3.05, 3.63) is 0 Å². The molecule has 0 radical (unpaired) electrons. The molecule has 2 aliphatic rings. The van der Waals surface area contributed by atoms with Gasteiger partial charge in [0.05, 0.1) is 6.07 Å². The molecule has 2 fully saturated rings. The summed E-state index contributed by atoms with van der Waals surface area (Å²) in [4.78, 5) is 0. The van der Waals surface area contributed by atoms with E-state index in [0.717, 1.165) is 18.9 Å². The van der Waals surface area contributed by atoms with Crippen molar-refractivity contribution in [3.8, 4) is 6.07 Å². The third kappa shape index (κ3) is 2.09. The normalized spacial score (nSPS) is 36.4. The highest BCUT2D eigenvalue weighted by molar-refractivity contribution is 4.97. The van der Waals surface area contributed by atoms with Gasteiger partial charge in [-0.15, -0.1) is 0 Å². The van der Waals surface area contributed by atoms with Gasteiger partial charge < -0.3 is 5.32 Å². The van der Waals surface area contributed by atoms with Crippen molar-refractivity contribution in [2.45, 2.75) is 58.0 Å². The summed E-state index contributed by atoms with van der Waals surface area (Å²) in [7, 11) is 0. The minimum absolute atomic E-state index is 0.320. The van der Waals surface area contributed by atoms with Crippen LogP contribution in [0.4, 0.5) is 0 Å². The molecule has 0 aromatic carbocycles. The Balaban J connectivity index is 1.71. The van der Waals surface area contributed by atoms with Gasteiger partial charge in [0.1, 0.15) is 0 Å². The second kappa shape index (κ2) is 3.55. The predicted molar refractivity (Wildman–Crippen MR) is 56.7 cm³/mol. The monoisotopic (exact) mass is 192 g/mol. The molecule has 14 heavy (non-hydrogen) atoms. The molecular weight excluding hydrogens is 172 g/mol. The topological polar surface area (TPSA) is 35.8 Å². The van der Waals surface area contributed by atoms with Crippen LogP contribution in [0.1, 0.15) is 46.0 Å². The van der Waals surface area contributed by atoms with Gasteiger partial charge in [0.25, 0.3) is 0 Å². The van der Waals surface area contributed by atoms with Crippen LogP contribution in [0.3, 0.4) is 0 Å². The summed E-state index contributed by atoms with van der Waals surface area (Å²) in [5, 5.41) is 12.5. The van der Waals surface area contributed by atoms with Gasteiger partial charge in [-0.1, -0.05) is 13.8 Å². The standard InChI is InChI=1S/C12H20N2/c1-12(2)6-11(7-12)14-10-4-3-9(5-10)8-13/h9-11,14H,3-7H2,1-2H3. The third-order valence-electron chi connectivity index (χ3n) is 3.68. The van der Waals surface area contributed by atoms with Crippen LogP contribution in [-0.4, -0.2) is 12.1 Å². The summed E-state index contributed by atoms with van der Waals surface area (Å²) < 4.78 is 0. The van der Waals surface area contributed by atoms with E-state index in [4.69, 9.17) is 5.26 Å². The Morgan fingerprint density at radius 3 is 2.43 bits per heavy atom. The Labute approximate surface area is 86.7 Å².